The highest BCUT2D eigenvalue weighted by Crippen LogP contribution is 2.36. The summed E-state index contributed by atoms with van der Waals surface area (Å²) in [6.45, 7) is 0. The maximum atomic E-state index is 13.1. The number of aromatic nitrogens is 2. The zero-order valence-electron chi connectivity index (χ0n) is 13.5. The van der Waals surface area contributed by atoms with Gasteiger partial charge in [-0.05, 0) is 35.9 Å². The molecule has 2 aromatic heterocycles. The van der Waals surface area contributed by atoms with Gasteiger partial charge in [0.25, 0.3) is 0 Å². The predicted octanol–water partition coefficient (Wildman–Crippen LogP) is 4.23. The molecule has 1 aromatic carbocycles. The van der Waals surface area contributed by atoms with E-state index in [1.165, 1.54) is 30.6 Å². The van der Waals surface area contributed by atoms with Crippen LogP contribution in [-0.4, -0.2) is 24.6 Å². The van der Waals surface area contributed by atoms with Crippen LogP contribution in [0.1, 0.15) is 5.56 Å². The summed E-state index contributed by atoms with van der Waals surface area (Å²) in [5, 5.41) is 0. The third-order valence-electron chi connectivity index (χ3n) is 3.72. The third kappa shape index (κ3) is 3.75. The number of hydrogen-bond acceptors (Lipinski definition) is 4. The molecular formula is C18H13F3N2O2S. The number of nitrogens with zero attached hydrogens (tertiary/aromatic N) is 2. The number of sulfone groups is 1. The first kappa shape index (κ1) is 18.1. The van der Waals surface area contributed by atoms with Crippen molar-refractivity contribution < 1.29 is 21.6 Å². The fourth-order valence-corrected chi connectivity index (χ4v) is 3.13. The van der Waals surface area contributed by atoms with E-state index >= 15 is 0 Å². The molecule has 134 valence electrons. The van der Waals surface area contributed by atoms with Crippen molar-refractivity contribution in [2.24, 2.45) is 0 Å². The van der Waals surface area contributed by atoms with E-state index in [-0.39, 0.29) is 16.2 Å². The number of pyridine rings is 2. The molecule has 8 heteroatoms. The van der Waals surface area contributed by atoms with Gasteiger partial charge >= 0.3 is 6.18 Å². The van der Waals surface area contributed by atoms with E-state index in [1.54, 1.807) is 18.2 Å². The Morgan fingerprint density at radius 1 is 0.962 bits per heavy atom. The van der Waals surface area contributed by atoms with Crippen molar-refractivity contribution in [1.29, 1.82) is 0 Å². The van der Waals surface area contributed by atoms with Gasteiger partial charge in [-0.2, -0.15) is 13.2 Å². The maximum absolute atomic E-state index is 13.1. The highest BCUT2D eigenvalue weighted by molar-refractivity contribution is 7.90. The molecule has 0 saturated carbocycles. The van der Waals surface area contributed by atoms with E-state index in [2.05, 4.69) is 9.97 Å². The highest BCUT2D eigenvalue weighted by Gasteiger charge is 2.32. The van der Waals surface area contributed by atoms with Crippen LogP contribution in [0.2, 0.25) is 0 Å². The van der Waals surface area contributed by atoms with Gasteiger partial charge in [0.1, 0.15) is 0 Å². The Bertz CT molecular complexity index is 1050. The largest absolute Gasteiger partial charge is 0.417 e. The molecule has 2 heterocycles. The molecule has 0 amide bonds. The zero-order chi connectivity index (χ0) is 18.9. The Hall–Kier alpha value is -2.74. The maximum Gasteiger partial charge on any atom is 0.417 e. The molecule has 3 aromatic rings. The minimum absolute atomic E-state index is 0.0181. The molecule has 3 rings (SSSR count). The van der Waals surface area contributed by atoms with Crippen LogP contribution < -0.4 is 0 Å². The zero-order valence-corrected chi connectivity index (χ0v) is 14.3. The van der Waals surface area contributed by atoms with Crippen molar-refractivity contribution in [3.8, 4) is 22.4 Å². The Morgan fingerprint density at radius 2 is 1.69 bits per heavy atom. The topological polar surface area (TPSA) is 59.9 Å². The smallest absolute Gasteiger partial charge is 0.264 e. The monoisotopic (exact) mass is 378 g/mol. The molecule has 0 aliphatic carbocycles. The molecule has 0 fully saturated rings. The van der Waals surface area contributed by atoms with Crippen LogP contribution >= 0.6 is 0 Å². The molecule has 0 unspecified atom stereocenters. The lowest BCUT2D eigenvalue weighted by atomic mass is 9.98. The molecule has 0 bridgehead atoms. The SMILES string of the molecule is CS(=O)(=O)c1cccc(-c2cc(C(F)(F)F)cnc2-c2cccnc2)c1. The molecule has 0 N–H and O–H groups in total. The molecule has 0 radical (unpaired) electrons. The Labute approximate surface area is 148 Å². The van der Waals surface area contributed by atoms with Gasteiger partial charge in [0.2, 0.25) is 0 Å². The van der Waals surface area contributed by atoms with Crippen molar-refractivity contribution in [1.82, 2.24) is 9.97 Å². The van der Waals surface area contributed by atoms with Crippen LogP contribution in [-0.2, 0) is 16.0 Å². The van der Waals surface area contributed by atoms with Crippen molar-refractivity contribution in [2.45, 2.75) is 11.1 Å². The lowest BCUT2D eigenvalue weighted by molar-refractivity contribution is -0.137. The number of halogens is 3. The molecule has 0 aliphatic rings. The second-order valence-electron chi connectivity index (χ2n) is 5.66. The number of benzene rings is 1. The van der Waals surface area contributed by atoms with E-state index < -0.39 is 21.6 Å². The average molecular weight is 378 g/mol. The van der Waals surface area contributed by atoms with Crippen LogP contribution in [0, 0.1) is 0 Å². The predicted molar refractivity (Wildman–Crippen MR) is 91.0 cm³/mol. The Balaban J connectivity index is 2.27. The summed E-state index contributed by atoms with van der Waals surface area (Å²) in [5.74, 6) is 0. The molecule has 0 atom stereocenters. The average Bonchev–Trinajstić information content (AvgIpc) is 2.60. The number of hydrogen-bond donors (Lipinski definition) is 0. The minimum atomic E-state index is -4.57. The van der Waals surface area contributed by atoms with Gasteiger partial charge in [-0.3, -0.25) is 9.97 Å². The lowest BCUT2D eigenvalue weighted by Gasteiger charge is -2.14. The molecule has 0 saturated heterocycles. The van der Waals surface area contributed by atoms with Crippen molar-refractivity contribution >= 4 is 9.84 Å². The van der Waals surface area contributed by atoms with Crippen LogP contribution in [0.25, 0.3) is 22.4 Å². The van der Waals surface area contributed by atoms with Crippen molar-refractivity contribution in [3.63, 3.8) is 0 Å². The molecule has 4 nitrogen and oxygen atoms in total. The standard InChI is InChI=1S/C18H13F3N2O2S/c1-26(24,25)15-6-2-4-12(8-15)16-9-14(18(19,20)21)11-23-17(16)13-5-3-7-22-10-13/h2-11H,1H3. The molecule has 0 aliphatic heterocycles. The van der Waals surface area contributed by atoms with Gasteiger partial charge in [0.05, 0.1) is 16.2 Å². The summed E-state index contributed by atoms with van der Waals surface area (Å²) < 4.78 is 63.0. The van der Waals surface area contributed by atoms with Crippen LogP contribution in [0.15, 0.2) is 66.0 Å². The van der Waals surface area contributed by atoms with Crippen molar-refractivity contribution in [2.75, 3.05) is 6.26 Å². The van der Waals surface area contributed by atoms with Gasteiger partial charge in [0, 0.05) is 36.0 Å². The summed E-state index contributed by atoms with van der Waals surface area (Å²) in [6.07, 6.45) is 0.255. The third-order valence-corrected chi connectivity index (χ3v) is 4.83. The summed E-state index contributed by atoms with van der Waals surface area (Å²) in [6, 6.07) is 10.1. The molecule has 0 spiro atoms. The lowest BCUT2D eigenvalue weighted by Crippen LogP contribution is -2.07. The summed E-state index contributed by atoms with van der Waals surface area (Å²) in [5.41, 5.74) is 0.409. The normalized spacial score (nSPS) is 12.2. The van der Waals surface area contributed by atoms with Gasteiger partial charge in [-0.25, -0.2) is 8.42 Å². The second-order valence-corrected chi connectivity index (χ2v) is 7.68. The summed E-state index contributed by atoms with van der Waals surface area (Å²) in [4.78, 5) is 7.96. The first-order valence-electron chi connectivity index (χ1n) is 7.44. The van der Waals surface area contributed by atoms with Crippen molar-refractivity contribution in [3.05, 3.63) is 66.6 Å². The van der Waals surface area contributed by atoms with E-state index in [4.69, 9.17) is 0 Å². The second kappa shape index (κ2) is 6.53. The number of alkyl halides is 3. The summed E-state index contributed by atoms with van der Waals surface area (Å²) >= 11 is 0. The van der Waals surface area contributed by atoms with Gasteiger partial charge in [-0.15, -0.1) is 0 Å². The fourth-order valence-electron chi connectivity index (χ4n) is 2.47. The van der Waals surface area contributed by atoms with Gasteiger partial charge < -0.3 is 0 Å². The van der Waals surface area contributed by atoms with Crippen LogP contribution in [0.5, 0.6) is 0 Å². The first-order chi connectivity index (χ1) is 12.2. The fraction of sp³-hybridized carbons (Fsp3) is 0.111. The van der Waals surface area contributed by atoms with E-state index in [9.17, 15) is 21.6 Å². The highest BCUT2D eigenvalue weighted by atomic mass is 32.2. The Morgan fingerprint density at radius 3 is 2.31 bits per heavy atom. The van der Waals surface area contributed by atoms with Crippen LogP contribution in [0.4, 0.5) is 13.2 Å². The Kier molecular flexibility index (Phi) is 4.53. The number of rotatable bonds is 3. The van der Waals surface area contributed by atoms with E-state index in [1.807, 2.05) is 0 Å². The molecule has 26 heavy (non-hydrogen) atoms. The van der Waals surface area contributed by atoms with Crippen LogP contribution in [0.3, 0.4) is 0 Å². The van der Waals surface area contributed by atoms with Gasteiger partial charge in [-0.1, -0.05) is 12.1 Å². The first-order valence-corrected chi connectivity index (χ1v) is 9.33. The van der Waals surface area contributed by atoms with E-state index in [0.717, 1.165) is 18.5 Å². The molecular weight excluding hydrogens is 365 g/mol. The quantitative estimate of drug-likeness (QED) is 0.684. The van der Waals surface area contributed by atoms with E-state index in [0.29, 0.717) is 11.1 Å². The minimum Gasteiger partial charge on any atom is -0.264 e. The summed E-state index contributed by atoms with van der Waals surface area (Å²) in [7, 11) is -3.50. The van der Waals surface area contributed by atoms with Gasteiger partial charge in [0.15, 0.2) is 9.84 Å².